The van der Waals surface area contributed by atoms with Crippen molar-refractivity contribution in [3.05, 3.63) is 18.5 Å². The zero-order valence-electron chi connectivity index (χ0n) is 11.0. The highest BCUT2D eigenvalue weighted by atomic mass is 15.4. The third-order valence-electron chi connectivity index (χ3n) is 3.38. The molecule has 100 valence electrons. The summed E-state index contributed by atoms with van der Waals surface area (Å²) in [7, 11) is 0. The molecule has 2 aromatic heterocycles. The van der Waals surface area contributed by atoms with Crippen molar-refractivity contribution in [3.8, 4) is 5.95 Å². The summed E-state index contributed by atoms with van der Waals surface area (Å²) in [4.78, 5) is 12.6. The predicted octanol–water partition coefficient (Wildman–Crippen LogP) is 1.24. The summed E-state index contributed by atoms with van der Waals surface area (Å²) < 4.78 is 1.56. The summed E-state index contributed by atoms with van der Waals surface area (Å²) in [5.41, 5.74) is 5.70. The van der Waals surface area contributed by atoms with E-state index in [1.807, 2.05) is 0 Å². The fraction of sp³-hybridized carbons (Fsp3) is 0.500. The summed E-state index contributed by atoms with van der Waals surface area (Å²) in [6, 6.07) is 1.81. The first-order chi connectivity index (χ1) is 9.04. The minimum Gasteiger partial charge on any atom is -0.368 e. The van der Waals surface area contributed by atoms with Crippen molar-refractivity contribution in [2.24, 2.45) is 5.92 Å². The average Bonchev–Trinajstić information content (AvgIpc) is 3.05. The highest BCUT2D eigenvalue weighted by molar-refractivity contribution is 5.37. The first kappa shape index (κ1) is 11.9. The van der Waals surface area contributed by atoms with E-state index in [-0.39, 0.29) is 11.5 Å². The number of nitrogens with one attached hydrogen (secondary N) is 1. The molecular weight excluding hydrogens is 242 g/mol. The first-order valence-corrected chi connectivity index (χ1v) is 6.34. The summed E-state index contributed by atoms with van der Waals surface area (Å²) in [5, 5.41) is 7.43. The number of aromatic nitrogens is 5. The molecule has 2 aromatic rings. The van der Waals surface area contributed by atoms with Gasteiger partial charge in [-0.05, 0) is 38.7 Å². The second-order valence-corrected chi connectivity index (χ2v) is 5.39. The highest BCUT2D eigenvalue weighted by Gasteiger charge is 2.38. The number of anilines is 2. The SMILES string of the molecule is CC(C)(Nc1nc(N)nc(-n2cccn2)n1)C1CC1. The Morgan fingerprint density at radius 2 is 2.11 bits per heavy atom. The van der Waals surface area contributed by atoms with Crippen LogP contribution in [0.3, 0.4) is 0 Å². The Bertz CT molecular complexity index is 572. The molecule has 0 saturated heterocycles. The monoisotopic (exact) mass is 259 g/mol. The standard InChI is InChI=1S/C12H17N7/c1-12(2,8-4-5-8)18-10-15-9(13)16-11(17-10)19-7-3-6-14-19/h3,6-8H,4-5H2,1-2H3,(H3,13,15,16,17,18). The van der Waals surface area contributed by atoms with Crippen molar-refractivity contribution in [2.75, 3.05) is 11.1 Å². The molecule has 1 saturated carbocycles. The van der Waals surface area contributed by atoms with Crippen LogP contribution in [0.1, 0.15) is 26.7 Å². The number of hydrogen-bond acceptors (Lipinski definition) is 6. The number of nitrogens with zero attached hydrogens (tertiary/aromatic N) is 5. The van der Waals surface area contributed by atoms with Crippen LogP contribution in [0.5, 0.6) is 0 Å². The van der Waals surface area contributed by atoms with Gasteiger partial charge in [-0.3, -0.25) is 0 Å². The molecule has 1 aliphatic carbocycles. The molecule has 3 N–H and O–H groups in total. The maximum Gasteiger partial charge on any atom is 0.257 e. The van der Waals surface area contributed by atoms with Crippen LogP contribution in [0.4, 0.5) is 11.9 Å². The van der Waals surface area contributed by atoms with Gasteiger partial charge < -0.3 is 11.1 Å². The maximum atomic E-state index is 5.73. The molecule has 0 atom stereocenters. The van der Waals surface area contributed by atoms with Crippen LogP contribution in [0.25, 0.3) is 5.95 Å². The Morgan fingerprint density at radius 3 is 2.74 bits per heavy atom. The molecule has 0 unspecified atom stereocenters. The van der Waals surface area contributed by atoms with E-state index in [9.17, 15) is 0 Å². The van der Waals surface area contributed by atoms with Gasteiger partial charge in [-0.15, -0.1) is 0 Å². The smallest absolute Gasteiger partial charge is 0.257 e. The van der Waals surface area contributed by atoms with E-state index < -0.39 is 0 Å². The van der Waals surface area contributed by atoms with Gasteiger partial charge in [0.15, 0.2) is 0 Å². The molecule has 0 aromatic carbocycles. The van der Waals surface area contributed by atoms with E-state index in [2.05, 4.69) is 39.2 Å². The lowest BCUT2D eigenvalue weighted by Gasteiger charge is -2.26. The average molecular weight is 259 g/mol. The highest BCUT2D eigenvalue weighted by Crippen LogP contribution is 2.40. The molecule has 19 heavy (non-hydrogen) atoms. The molecule has 1 fully saturated rings. The van der Waals surface area contributed by atoms with Crippen molar-refractivity contribution >= 4 is 11.9 Å². The van der Waals surface area contributed by atoms with Crippen LogP contribution in [-0.2, 0) is 0 Å². The summed E-state index contributed by atoms with van der Waals surface area (Å²) in [5.74, 6) is 1.77. The molecule has 3 rings (SSSR count). The number of nitrogens with two attached hydrogens (primary N) is 1. The van der Waals surface area contributed by atoms with Crippen molar-refractivity contribution in [2.45, 2.75) is 32.2 Å². The molecular formula is C12H17N7. The van der Waals surface area contributed by atoms with Crippen molar-refractivity contribution in [1.82, 2.24) is 24.7 Å². The number of rotatable bonds is 4. The van der Waals surface area contributed by atoms with Gasteiger partial charge in [-0.2, -0.15) is 20.1 Å². The Labute approximate surface area is 111 Å². The lowest BCUT2D eigenvalue weighted by molar-refractivity contribution is 0.490. The van der Waals surface area contributed by atoms with Crippen molar-refractivity contribution in [1.29, 1.82) is 0 Å². The van der Waals surface area contributed by atoms with Crippen LogP contribution < -0.4 is 11.1 Å². The van der Waals surface area contributed by atoms with Gasteiger partial charge in [0.1, 0.15) is 0 Å². The molecule has 0 amide bonds. The lowest BCUT2D eigenvalue weighted by atomic mass is 9.99. The minimum atomic E-state index is -0.0326. The first-order valence-electron chi connectivity index (χ1n) is 6.34. The zero-order chi connectivity index (χ0) is 13.5. The van der Waals surface area contributed by atoms with Gasteiger partial charge in [-0.1, -0.05) is 0 Å². The maximum absolute atomic E-state index is 5.73. The third-order valence-corrected chi connectivity index (χ3v) is 3.38. The molecule has 1 aliphatic rings. The fourth-order valence-corrected chi connectivity index (χ4v) is 2.12. The van der Waals surface area contributed by atoms with Crippen LogP contribution in [0, 0.1) is 5.92 Å². The molecule has 2 heterocycles. The normalized spacial score (nSPS) is 15.5. The minimum absolute atomic E-state index is 0.0326. The molecule has 0 radical (unpaired) electrons. The zero-order valence-corrected chi connectivity index (χ0v) is 11.0. The van der Waals surface area contributed by atoms with E-state index in [0.29, 0.717) is 17.8 Å². The van der Waals surface area contributed by atoms with E-state index in [0.717, 1.165) is 0 Å². The largest absolute Gasteiger partial charge is 0.368 e. The molecule has 0 aliphatic heterocycles. The second kappa shape index (κ2) is 4.18. The van der Waals surface area contributed by atoms with E-state index in [4.69, 9.17) is 5.73 Å². The summed E-state index contributed by atoms with van der Waals surface area (Å²) >= 11 is 0. The van der Waals surface area contributed by atoms with E-state index in [1.54, 1.807) is 23.1 Å². The summed E-state index contributed by atoms with van der Waals surface area (Å²) in [6.07, 6.45) is 5.92. The number of nitrogen functional groups attached to an aromatic ring is 1. The Hall–Kier alpha value is -2.18. The van der Waals surface area contributed by atoms with Gasteiger partial charge >= 0.3 is 0 Å². The lowest BCUT2D eigenvalue weighted by Crippen LogP contribution is -2.34. The Morgan fingerprint density at radius 1 is 1.32 bits per heavy atom. The van der Waals surface area contributed by atoms with E-state index in [1.165, 1.54) is 12.8 Å². The van der Waals surface area contributed by atoms with Crippen LogP contribution >= 0.6 is 0 Å². The quantitative estimate of drug-likeness (QED) is 0.857. The fourth-order valence-electron chi connectivity index (χ4n) is 2.12. The van der Waals surface area contributed by atoms with Gasteiger partial charge in [0.25, 0.3) is 5.95 Å². The Kier molecular flexibility index (Phi) is 2.62. The second-order valence-electron chi connectivity index (χ2n) is 5.39. The van der Waals surface area contributed by atoms with Gasteiger partial charge in [-0.25, -0.2) is 4.68 Å². The van der Waals surface area contributed by atoms with Crippen molar-refractivity contribution in [3.63, 3.8) is 0 Å². The molecule has 7 nitrogen and oxygen atoms in total. The molecule has 0 bridgehead atoms. The Balaban J connectivity index is 1.89. The topological polar surface area (TPSA) is 94.5 Å². The molecule has 7 heteroatoms. The van der Waals surface area contributed by atoms with Gasteiger partial charge in [0, 0.05) is 17.9 Å². The van der Waals surface area contributed by atoms with Crippen LogP contribution in [0.15, 0.2) is 18.5 Å². The molecule has 0 spiro atoms. The number of hydrogen-bond donors (Lipinski definition) is 2. The third kappa shape index (κ3) is 2.49. The van der Waals surface area contributed by atoms with Crippen LogP contribution in [0.2, 0.25) is 0 Å². The van der Waals surface area contributed by atoms with Crippen molar-refractivity contribution < 1.29 is 0 Å². The van der Waals surface area contributed by atoms with E-state index >= 15 is 0 Å². The predicted molar refractivity (Wildman–Crippen MR) is 71.8 cm³/mol. The summed E-state index contributed by atoms with van der Waals surface area (Å²) in [6.45, 7) is 4.30. The van der Waals surface area contributed by atoms with Crippen LogP contribution in [-0.4, -0.2) is 30.3 Å². The van der Waals surface area contributed by atoms with Gasteiger partial charge in [0.2, 0.25) is 11.9 Å². The van der Waals surface area contributed by atoms with Gasteiger partial charge in [0.05, 0.1) is 0 Å².